The Kier molecular flexibility index (Phi) is 3.51. The van der Waals surface area contributed by atoms with Gasteiger partial charge < -0.3 is 0 Å². The third-order valence-corrected chi connectivity index (χ3v) is 3.05. The van der Waals surface area contributed by atoms with Crippen LogP contribution in [0.25, 0.3) is 11.1 Å². The maximum Gasteiger partial charge on any atom is 0.161 e. The number of carbonyl (C=O) groups is 1. The molecular formula is C14H10Cl2O. The van der Waals surface area contributed by atoms with Crippen molar-refractivity contribution in [2.45, 2.75) is 6.92 Å². The SMILES string of the molecule is CC(=O)c1ccc(-c2cccc(Cl)c2)cc1Cl. The number of Topliss-reactive ketones (excluding diaryl/α,β-unsaturated/α-hetero) is 1. The third-order valence-electron chi connectivity index (χ3n) is 2.51. The highest BCUT2D eigenvalue weighted by Crippen LogP contribution is 2.27. The van der Waals surface area contributed by atoms with Crippen LogP contribution in [0.3, 0.4) is 0 Å². The fraction of sp³-hybridized carbons (Fsp3) is 0.0714. The van der Waals surface area contributed by atoms with Crippen LogP contribution in [-0.4, -0.2) is 5.78 Å². The van der Waals surface area contributed by atoms with Crippen LogP contribution >= 0.6 is 23.2 Å². The zero-order valence-electron chi connectivity index (χ0n) is 9.21. The van der Waals surface area contributed by atoms with Crippen molar-refractivity contribution >= 4 is 29.0 Å². The molecule has 0 atom stereocenters. The molecule has 0 radical (unpaired) electrons. The van der Waals surface area contributed by atoms with Crippen molar-refractivity contribution in [2.24, 2.45) is 0 Å². The quantitative estimate of drug-likeness (QED) is 0.708. The normalized spacial score (nSPS) is 10.3. The van der Waals surface area contributed by atoms with Gasteiger partial charge in [0.15, 0.2) is 5.78 Å². The lowest BCUT2D eigenvalue weighted by Gasteiger charge is -2.05. The summed E-state index contributed by atoms with van der Waals surface area (Å²) >= 11 is 12.0. The standard InChI is InChI=1S/C14H10Cl2O/c1-9(17)13-6-5-11(8-14(13)16)10-3-2-4-12(15)7-10/h2-8H,1H3. The summed E-state index contributed by atoms with van der Waals surface area (Å²) in [4.78, 5) is 11.3. The van der Waals surface area contributed by atoms with Gasteiger partial charge in [-0.05, 0) is 42.3 Å². The fourth-order valence-electron chi connectivity index (χ4n) is 1.65. The van der Waals surface area contributed by atoms with Crippen molar-refractivity contribution in [3.05, 3.63) is 58.1 Å². The lowest BCUT2D eigenvalue weighted by molar-refractivity contribution is 0.101. The molecule has 0 aliphatic carbocycles. The minimum Gasteiger partial charge on any atom is -0.294 e. The predicted octanol–water partition coefficient (Wildman–Crippen LogP) is 4.86. The molecule has 0 N–H and O–H groups in total. The van der Waals surface area contributed by atoms with Crippen LogP contribution in [-0.2, 0) is 0 Å². The summed E-state index contributed by atoms with van der Waals surface area (Å²) in [6, 6.07) is 12.9. The molecule has 0 aromatic heterocycles. The minimum absolute atomic E-state index is 0.0346. The first-order valence-corrected chi connectivity index (χ1v) is 5.90. The number of halogens is 2. The summed E-state index contributed by atoms with van der Waals surface area (Å²) in [6.45, 7) is 1.50. The van der Waals surface area contributed by atoms with Gasteiger partial charge in [0, 0.05) is 10.6 Å². The topological polar surface area (TPSA) is 17.1 Å². The number of rotatable bonds is 2. The highest BCUT2D eigenvalue weighted by Gasteiger charge is 2.07. The van der Waals surface area contributed by atoms with Gasteiger partial charge in [0.05, 0.1) is 5.02 Å². The molecule has 3 heteroatoms. The van der Waals surface area contributed by atoms with Gasteiger partial charge in [-0.2, -0.15) is 0 Å². The minimum atomic E-state index is -0.0346. The van der Waals surface area contributed by atoms with Crippen LogP contribution < -0.4 is 0 Å². The molecule has 0 amide bonds. The van der Waals surface area contributed by atoms with Gasteiger partial charge in [0.2, 0.25) is 0 Å². The average molecular weight is 265 g/mol. The predicted molar refractivity (Wildman–Crippen MR) is 71.9 cm³/mol. The molecule has 2 aromatic rings. The van der Waals surface area contributed by atoms with E-state index in [-0.39, 0.29) is 5.78 Å². The third kappa shape index (κ3) is 2.68. The summed E-state index contributed by atoms with van der Waals surface area (Å²) in [5.41, 5.74) is 2.47. The molecule has 0 heterocycles. The van der Waals surface area contributed by atoms with E-state index in [1.54, 1.807) is 12.1 Å². The van der Waals surface area contributed by atoms with Crippen molar-refractivity contribution in [3.63, 3.8) is 0 Å². The van der Waals surface area contributed by atoms with E-state index < -0.39 is 0 Å². The van der Waals surface area contributed by atoms with Crippen molar-refractivity contribution in [1.82, 2.24) is 0 Å². The van der Waals surface area contributed by atoms with Gasteiger partial charge in [-0.25, -0.2) is 0 Å². The zero-order valence-corrected chi connectivity index (χ0v) is 10.7. The molecule has 17 heavy (non-hydrogen) atoms. The molecule has 1 nitrogen and oxygen atoms in total. The van der Waals surface area contributed by atoms with E-state index in [4.69, 9.17) is 23.2 Å². The molecule has 0 unspecified atom stereocenters. The van der Waals surface area contributed by atoms with Crippen LogP contribution in [0.5, 0.6) is 0 Å². The Morgan fingerprint density at radius 3 is 2.29 bits per heavy atom. The number of benzene rings is 2. The van der Waals surface area contributed by atoms with Gasteiger partial charge in [-0.1, -0.05) is 41.4 Å². The van der Waals surface area contributed by atoms with E-state index in [0.717, 1.165) is 11.1 Å². The van der Waals surface area contributed by atoms with Crippen molar-refractivity contribution in [1.29, 1.82) is 0 Å². The maximum absolute atomic E-state index is 11.3. The van der Waals surface area contributed by atoms with E-state index >= 15 is 0 Å². The van der Waals surface area contributed by atoms with E-state index in [2.05, 4.69) is 0 Å². The largest absolute Gasteiger partial charge is 0.294 e. The Balaban J connectivity index is 2.48. The lowest BCUT2D eigenvalue weighted by Crippen LogP contribution is -1.93. The molecule has 86 valence electrons. The molecule has 0 spiro atoms. The van der Waals surface area contributed by atoms with Crippen molar-refractivity contribution in [3.8, 4) is 11.1 Å². The molecule has 0 aliphatic heterocycles. The summed E-state index contributed by atoms with van der Waals surface area (Å²) in [6.07, 6.45) is 0. The second-order valence-corrected chi connectivity index (χ2v) is 4.60. The smallest absolute Gasteiger partial charge is 0.161 e. The number of hydrogen-bond acceptors (Lipinski definition) is 1. The first kappa shape index (κ1) is 12.2. The Hall–Kier alpha value is -1.31. The molecular weight excluding hydrogens is 255 g/mol. The molecule has 2 aromatic carbocycles. The van der Waals surface area contributed by atoms with Gasteiger partial charge in [-0.3, -0.25) is 4.79 Å². The van der Waals surface area contributed by atoms with E-state index in [0.29, 0.717) is 15.6 Å². The van der Waals surface area contributed by atoms with Crippen LogP contribution in [0.1, 0.15) is 17.3 Å². The van der Waals surface area contributed by atoms with E-state index in [1.165, 1.54) is 6.92 Å². The Labute approximate surface area is 110 Å². The molecule has 0 saturated heterocycles. The first-order chi connectivity index (χ1) is 8.08. The number of carbonyl (C=O) groups excluding carboxylic acids is 1. The number of ketones is 1. The van der Waals surface area contributed by atoms with E-state index in [9.17, 15) is 4.79 Å². The summed E-state index contributed by atoms with van der Waals surface area (Å²) in [5.74, 6) is -0.0346. The Bertz CT molecular complexity index is 576. The fourth-order valence-corrected chi connectivity index (χ4v) is 2.15. The van der Waals surface area contributed by atoms with Gasteiger partial charge in [0.25, 0.3) is 0 Å². The van der Waals surface area contributed by atoms with E-state index in [1.807, 2.05) is 30.3 Å². The monoisotopic (exact) mass is 264 g/mol. The molecule has 0 bridgehead atoms. The van der Waals surface area contributed by atoms with Crippen LogP contribution in [0, 0.1) is 0 Å². The molecule has 0 aliphatic rings. The highest BCUT2D eigenvalue weighted by molar-refractivity contribution is 6.34. The Morgan fingerprint density at radius 1 is 1.00 bits per heavy atom. The van der Waals surface area contributed by atoms with Crippen LogP contribution in [0.15, 0.2) is 42.5 Å². The summed E-state index contributed by atoms with van der Waals surface area (Å²) < 4.78 is 0. The van der Waals surface area contributed by atoms with Gasteiger partial charge in [0.1, 0.15) is 0 Å². The van der Waals surface area contributed by atoms with Gasteiger partial charge in [-0.15, -0.1) is 0 Å². The number of hydrogen-bond donors (Lipinski definition) is 0. The van der Waals surface area contributed by atoms with Crippen molar-refractivity contribution in [2.75, 3.05) is 0 Å². The van der Waals surface area contributed by atoms with Crippen molar-refractivity contribution < 1.29 is 4.79 Å². The molecule has 2 rings (SSSR count). The molecule has 0 fully saturated rings. The average Bonchev–Trinajstić information content (AvgIpc) is 2.28. The molecule has 0 saturated carbocycles. The highest BCUT2D eigenvalue weighted by atomic mass is 35.5. The first-order valence-electron chi connectivity index (χ1n) is 5.14. The maximum atomic E-state index is 11.3. The zero-order chi connectivity index (χ0) is 12.4. The van der Waals surface area contributed by atoms with Gasteiger partial charge >= 0.3 is 0 Å². The summed E-state index contributed by atoms with van der Waals surface area (Å²) in [5, 5.41) is 1.14. The van der Waals surface area contributed by atoms with Crippen LogP contribution in [0.2, 0.25) is 10.0 Å². The summed E-state index contributed by atoms with van der Waals surface area (Å²) in [7, 11) is 0. The second-order valence-electron chi connectivity index (χ2n) is 3.76. The van der Waals surface area contributed by atoms with Crippen LogP contribution in [0.4, 0.5) is 0 Å². The lowest BCUT2D eigenvalue weighted by atomic mass is 10.0. The Morgan fingerprint density at radius 2 is 1.71 bits per heavy atom. The second kappa shape index (κ2) is 4.91.